The van der Waals surface area contributed by atoms with E-state index in [-0.39, 0.29) is 5.75 Å². The fraction of sp³-hybridized carbons (Fsp3) is 0.304. The van der Waals surface area contributed by atoms with Gasteiger partial charge in [-0.2, -0.15) is 10.4 Å². The number of fused-ring (bicyclic) bond motifs is 1. The quantitative estimate of drug-likeness (QED) is 0.696. The molecule has 1 saturated heterocycles. The molecule has 1 aromatic carbocycles. The minimum atomic E-state index is 0.156. The maximum absolute atomic E-state index is 10.1. The second-order valence-electron chi connectivity index (χ2n) is 7.81. The molecule has 0 radical (unpaired) electrons. The largest absolute Gasteiger partial charge is 0.508 e. The van der Waals surface area contributed by atoms with Crippen LogP contribution in [-0.2, 0) is 6.42 Å². The standard InChI is InChI=1S/C23H22N6O2/c1-28-10-12-29(13-11-28)20-7-6-19(31-20)21-17-8-9-25-27-23(17)26-22(18(21)14-24)15-2-4-16(30)5-3-15/h2-7,30H,8-13H2,1H3. The molecule has 2 aromatic heterocycles. The van der Waals surface area contributed by atoms with Crippen LogP contribution in [0.2, 0.25) is 0 Å². The number of phenols is 1. The van der Waals surface area contributed by atoms with Crippen LogP contribution >= 0.6 is 0 Å². The summed E-state index contributed by atoms with van der Waals surface area (Å²) >= 11 is 0. The highest BCUT2D eigenvalue weighted by atomic mass is 16.4. The van der Waals surface area contributed by atoms with E-state index in [1.54, 1.807) is 24.3 Å². The van der Waals surface area contributed by atoms with E-state index >= 15 is 0 Å². The zero-order valence-corrected chi connectivity index (χ0v) is 17.2. The van der Waals surface area contributed by atoms with Gasteiger partial charge in [-0.15, -0.1) is 5.11 Å². The van der Waals surface area contributed by atoms with Crippen LogP contribution in [0.5, 0.6) is 5.75 Å². The Morgan fingerprint density at radius 2 is 1.84 bits per heavy atom. The van der Waals surface area contributed by atoms with E-state index in [0.29, 0.717) is 35.8 Å². The van der Waals surface area contributed by atoms with Crippen molar-refractivity contribution in [2.75, 3.05) is 44.7 Å². The number of nitrogens with zero attached hydrogens (tertiary/aromatic N) is 6. The summed E-state index contributed by atoms with van der Waals surface area (Å²) in [6.45, 7) is 4.31. The van der Waals surface area contributed by atoms with Crippen molar-refractivity contribution in [2.45, 2.75) is 6.42 Å². The molecule has 0 unspecified atom stereocenters. The fourth-order valence-corrected chi connectivity index (χ4v) is 4.08. The molecule has 31 heavy (non-hydrogen) atoms. The molecule has 8 nitrogen and oxygen atoms in total. The topological polar surface area (TPSA) is 101 Å². The summed E-state index contributed by atoms with van der Waals surface area (Å²) in [5.74, 6) is 2.12. The molecule has 0 amide bonds. The molecule has 3 aromatic rings. The molecule has 0 bridgehead atoms. The lowest BCUT2D eigenvalue weighted by Gasteiger charge is -2.32. The average molecular weight is 414 g/mol. The first-order chi connectivity index (χ1) is 15.1. The van der Waals surface area contributed by atoms with Gasteiger partial charge in [0, 0.05) is 48.9 Å². The smallest absolute Gasteiger partial charge is 0.196 e. The van der Waals surface area contributed by atoms with Crippen molar-refractivity contribution in [3.63, 3.8) is 0 Å². The average Bonchev–Trinajstić information content (AvgIpc) is 3.28. The maximum Gasteiger partial charge on any atom is 0.196 e. The molecule has 8 heteroatoms. The first kappa shape index (κ1) is 19.3. The van der Waals surface area contributed by atoms with E-state index in [2.05, 4.69) is 38.1 Å². The molecule has 5 rings (SSSR count). The maximum atomic E-state index is 10.1. The SMILES string of the molecule is CN1CCN(c2ccc(-c3c(C#N)c(-c4ccc(O)cc4)nc4c3CCN=N4)o2)CC1. The van der Waals surface area contributed by atoms with E-state index in [4.69, 9.17) is 4.42 Å². The number of phenolic OH excluding ortho intramolecular Hbond substituents is 1. The third-order valence-corrected chi connectivity index (χ3v) is 5.81. The number of nitriles is 1. The highest BCUT2D eigenvalue weighted by Crippen LogP contribution is 2.41. The van der Waals surface area contributed by atoms with Crippen molar-refractivity contribution in [2.24, 2.45) is 10.2 Å². The van der Waals surface area contributed by atoms with Gasteiger partial charge in [0.2, 0.25) is 0 Å². The summed E-state index contributed by atoms with van der Waals surface area (Å²) in [6.07, 6.45) is 0.649. The van der Waals surface area contributed by atoms with E-state index in [0.717, 1.165) is 48.8 Å². The fourth-order valence-electron chi connectivity index (χ4n) is 4.08. The molecule has 2 aliphatic heterocycles. The van der Waals surface area contributed by atoms with Crippen molar-refractivity contribution in [1.29, 1.82) is 5.26 Å². The zero-order valence-electron chi connectivity index (χ0n) is 17.2. The molecule has 156 valence electrons. The van der Waals surface area contributed by atoms with Crippen molar-refractivity contribution in [3.05, 3.63) is 47.5 Å². The van der Waals surface area contributed by atoms with Gasteiger partial charge in [-0.05, 0) is 43.8 Å². The van der Waals surface area contributed by atoms with Crippen LogP contribution in [0, 0.1) is 11.3 Å². The molecule has 0 atom stereocenters. The summed E-state index contributed by atoms with van der Waals surface area (Å²) in [4.78, 5) is 9.17. The Kier molecular flexibility index (Phi) is 4.88. The van der Waals surface area contributed by atoms with Gasteiger partial charge in [-0.3, -0.25) is 0 Å². The Morgan fingerprint density at radius 3 is 2.58 bits per heavy atom. The number of hydrogen-bond donors (Lipinski definition) is 1. The third-order valence-electron chi connectivity index (χ3n) is 5.81. The third kappa shape index (κ3) is 3.53. The Labute approximate surface area is 180 Å². The molecule has 0 aliphatic carbocycles. The van der Waals surface area contributed by atoms with Crippen LogP contribution < -0.4 is 4.90 Å². The van der Waals surface area contributed by atoms with Crippen LogP contribution in [-0.4, -0.2) is 54.8 Å². The normalized spacial score (nSPS) is 16.2. The second kappa shape index (κ2) is 7.85. The minimum absolute atomic E-state index is 0.156. The summed E-state index contributed by atoms with van der Waals surface area (Å²) in [6, 6.07) is 12.9. The summed E-state index contributed by atoms with van der Waals surface area (Å²) in [7, 11) is 2.12. The van der Waals surface area contributed by atoms with Crippen molar-refractivity contribution < 1.29 is 9.52 Å². The van der Waals surface area contributed by atoms with Gasteiger partial charge in [0.05, 0.1) is 17.8 Å². The Balaban J connectivity index is 1.64. The molecule has 2 aliphatic rings. The van der Waals surface area contributed by atoms with E-state index in [1.807, 2.05) is 12.1 Å². The number of likely N-dealkylation sites (N-methyl/N-ethyl adjacent to an activating group) is 1. The van der Waals surface area contributed by atoms with Crippen LogP contribution in [0.25, 0.3) is 22.6 Å². The Hall–Kier alpha value is -3.70. The molecule has 1 N–H and O–H groups in total. The van der Waals surface area contributed by atoms with Gasteiger partial charge in [0.1, 0.15) is 17.6 Å². The zero-order chi connectivity index (χ0) is 21.4. The summed E-state index contributed by atoms with van der Waals surface area (Å²) < 4.78 is 6.28. The van der Waals surface area contributed by atoms with E-state index in [9.17, 15) is 10.4 Å². The van der Waals surface area contributed by atoms with Gasteiger partial charge >= 0.3 is 0 Å². The molecule has 1 fully saturated rings. The summed E-state index contributed by atoms with van der Waals surface area (Å²) in [5, 5.41) is 28.2. The number of pyridine rings is 1. The lowest BCUT2D eigenvalue weighted by Crippen LogP contribution is -2.44. The van der Waals surface area contributed by atoms with Gasteiger partial charge in [-0.25, -0.2) is 4.98 Å². The van der Waals surface area contributed by atoms with Crippen LogP contribution in [0.4, 0.5) is 11.7 Å². The van der Waals surface area contributed by atoms with Crippen molar-refractivity contribution in [1.82, 2.24) is 9.88 Å². The van der Waals surface area contributed by atoms with Gasteiger partial charge < -0.3 is 19.3 Å². The first-order valence-corrected chi connectivity index (χ1v) is 10.3. The predicted octanol–water partition coefficient (Wildman–Crippen LogP) is 3.98. The Bertz CT molecular complexity index is 1180. The number of azo groups is 1. The second-order valence-corrected chi connectivity index (χ2v) is 7.81. The molecular weight excluding hydrogens is 392 g/mol. The van der Waals surface area contributed by atoms with Crippen molar-refractivity contribution in [3.8, 4) is 34.4 Å². The molecular formula is C23H22N6O2. The minimum Gasteiger partial charge on any atom is -0.508 e. The molecule has 4 heterocycles. The number of aromatic nitrogens is 1. The van der Waals surface area contributed by atoms with Crippen LogP contribution in [0.3, 0.4) is 0 Å². The first-order valence-electron chi connectivity index (χ1n) is 10.3. The lowest BCUT2D eigenvalue weighted by molar-refractivity contribution is 0.306. The highest BCUT2D eigenvalue weighted by molar-refractivity contribution is 5.83. The number of furan rings is 1. The highest BCUT2D eigenvalue weighted by Gasteiger charge is 2.26. The van der Waals surface area contributed by atoms with Crippen LogP contribution in [0.1, 0.15) is 11.1 Å². The number of rotatable bonds is 3. The Morgan fingerprint density at radius 1 is 1.06 bits per heavy atom. The van der Waals surface area contributed by atoms with E-state index < -0.39 is 0 Å². The predicted molar refractivity (Wildman–Crippen MR) is 117 cm³/mol. The van der Waals surface area contributed by atoms with Crippen LogP contribution in [0.15, 0.2) is 51.0 Å². The molecule has 0 spiro atoms. The number of anilines is 1. The van der Waals surface area contributed by atoms with Crippen molar-refractivity contribution >= 4 is 11.7 Å². The number of benzene rings is 1. The number of piperazine rings is 1. The number of hydrogen-bond acceptors (Lipinski definition) is 8. The number of aromatic hydroxyl groups is 1. The van der Waals surface area contributed by atoms with Gasteiger partial charge in [0.25, 0.3) is 0 Å². The van der Waals surface area contributed by atoms with Gasteiger partial charge in [-0.1, -0.05) is 0 Å². The molecule has 0 saturated carbocycles. The van der Waals surface area contributed by atoms with Gasteiger partial charge in [0.15, 0.2) is 11.7 Å². The van der Waals surface area contributed by atoms with E-state index in [1.165, 1.54) is 0 Å². The lowest BCUT2D eigenvalue weighted by atomic mass is 9.93. The summed E-state index contributed by atoms with van der Waals surface area (Å²) in [5.41, 5.74) is 3.29. The monoisotopic (exact) mass is 414 g/mol.